The van der Waals surface area contributed by atoms with Gasteiger partial charge in [-0.1, -0.05) is 0 Å². The van der Waals surface area contributed by atoms with Gasteiger partial charge < -0.3 is 14.6 Å². The van der Waals surface area contributed by atoms with Crippen molar-refractivity contribution in [3.05, 3.63) is 0 Å². The average molecular weight is 324 g/mol. The van der Waals surface area contributed by atoms with Crippen LogP contribution in [0.5, 0.6) is 0 Å². The van der Waals surface area contributed by atoms with Crippen LogP contribution in [0, 0.1) is 0 Å². The number of carbonyl (C=O) groups excluding carboxylic acids is 1. The van der Waals surface area contributed by atoms with E-state index in [9.17, 15) is 18.0 Å². The SMILES string of the molecule is COC(=O)C[C@H](NS(=O)(=O)N1CC(C)OC(C)C1)C(=O)O. The van der Waals surface area contributed by atoms with Gasteiger partial charge in [-0.05, 0) is 13.8 Å². The zero-order valence-electron chi connectivity index (χ0n) is 12.1. The quantitative estimate of drug-likeness (QED) is 0.597. The number of carbonyl (C=O) groups is 2. The summed E-state index contributed by atoms with van der Waals surface area (Å²) in [6, 6.07) is -1.57. The Morgan fingerprint density at radius 1 is 1.38 bits per heavy atom. The number of carboxylic acids is 1. The van der Waals surface area contributed by atoms with E-state index >= 15 is 0 Å². The lowest BCUT2D eigenvalue weighted by Crippen LogP contribution is -2.55. The summed E-state index contributed by atoms with van der Waals surface area (Å²) < 4.78 is 37.3. The Morgan fingerprint density at radius 2 is 1.90 bits per heavy atom. The normalized spacial score (nSPS) is 25.3. The van der Waals surface area contributed by atoms with Crippen LogP contribution in [0.4, 0.5) is 0 Å². The first-order chi connectivity index (χ1) is 9.65. The Balaban J connectivity index is 2.80. The number of ether oxygens (including phenoxy) is 2. The molecule has 9 nitrogen and oxygen atoms in total. The van der Waals surface area contributed by atoms with E-state index in [4.69, 9.17) is 9.84 Å². The van der Waals surface area contributed by atoms with Crippen molar-refractivity contribution >= 4 is 22.1 Å². The third-order valence-electron chi connectivity index (χ3n) is 2.91. The number of aliphatic carboxylic acids is 1. The molecule has 0 aromatic rings. The molecule has 1 aliphatic heterocycles. The van der Waals surface area contributed by atoms with E-state index in [1.54, 1.807) is 13.8 Å². The van der Waals surface area contributed by atoms with Crippen LogP contribution in [0.1, 0.15) is 20.3 Å². The lowest BCUT2D eigenvalue weighted by Gasteiger charge is -2.34. The van der Waals surface area contributed by atoms with Gasteiger partial charge in [-0.3, -0.25) is 9.59 Å². The summed E-state index contributed by atoms with van der Waals surface area (Å²) in [6.07, 6.45) is -1.18. The summed E-state index contributed by atoms with van der Waals surface area (Å²) in [5.41, 5.74) is 0. The van der Waals surface area contributed by atoms with Crippen molar-refractivity contribution in [2.75, 3.05) is 20.2 Å². The highest BCUT2D eigenvalue weighted by Gasteiger charge is 2.35. The van der Waals surface area contributed by atoms with Crippen molar-refractivity contribution in [1.29, 1.82) is 0 Å². The topological polar surface area (TPSA) is 122 Å². The third-order valence-corrected chi connectivity index (χ3v) is 4.47. The van der Waals surface area contributed by atoms with Gasteiger partial charge in [0.2, 0.25) is 0 Å². The molecule has 21 heavy (non-hydrogen) atoms. The number of carboxylic acid groups (broad SMARTS) is 1. The molecule has 10 heteroatoms. The maximum Gasteiger partial charge on any atom is 0.322 e. The van der Waals surface area contributed by atoms with Crippen molar-refractivity contribution in [2.24, 2.45) is 0 Å². The lowest BCUT2D eigenvalue weighted by molar-refractivity contribution is -0.147. The number of nitrogens with one attached hydrogen (secondary N) is 1. The van der Waals surface area contributed by atoms with Gasteiger partial charge in [0.25, 0.3) is 10.2 Å². The fourth-order valence-corrected chi connectivity index (χ4v) is 3.52. The molecule has 1 heterocycles. The molecule has 1 aliphatic rings. The van der Waals surface area contributed by atoms with Crippen molar-refractivity contribution < 1.29 is 32.6 Å². The Kier molecular flexibility index (Phi) is 6.08. The van der Waals surface area contributed by atoms with E-state index in [-0.39, 0.29) is 25.3 Å². The smallest absolute Gasteiger partial charge is 0.322 e. The van der Waals surface area contributed by atoms with E-state index in [1.807, 2.05) is 4.72 Å². The number of nitrogens with zero attached hydrogens (tertiary/aromatic N) is 1. The minimum Gasteiger partial charge on any atom is -0.480 e. The molecule has 1 saturated heterocycles. The van der Waals surface area contributed by atoms with Gasteiger partial charge in [-0.25, -0.2) is 0 Å². The Labute approximate surface area is 123 Å². The highest BCUT2D eigenvalue weighted by Crippen LogP contribution is 2.14. The Morgan fingerprint density at radius 3 is 2.33 bits per heavy atom. The second kappa shape index (κ2) is 7.16. The highest BCUT2D eigenvalue weighted by atomic mass is 32.2. The first-order valence-electron chi connectivity index (χ1n) is 6.38. The van der Waals surface area contributed by atoms with Crippen LogP contribution in [0.2, 0.25) is 0 Å². The first-order valence-corrected chi connectivity index (χ1v) is 7.82. The number of hydrogen-bond acceptors (Lipinski definition) is 6. The van der Waals surface area contributed by atoms with Crippen LogP contribution in [0.25, 0.3) is 0 Å². The molecule has 1 rings (SSSR count). The fraction of sp³-hybridized carbons (Fsp3) is 0.818. The summed E-state index contributed by atoms with van der Waals surface area (Å²) in [5, 5.41) is 9.01. The van der Waals surface area contributed by atoms with E-state index in [1.165, 1.54) is 0 Å². The van der Waals surface area contributed by atoms with Crippen molar-refractivity contribution in [3.63, 3.8) is 0 Å². The monoisotopic (exact) mass is 324 g/mol. The third kappa shape index (κ3) is 5.23. The average Bonchev–Trinajstić information content (AvgIpc) is 2.36. The summed E-state index contributed by atoms with van der Waals surface area (Å²) in [4.78, 5) is 22.2. The van der Waals surface area contributed by atoms with Crippen molar-refractivity contribution in [3.8, 4) is 0 Å². The number of rotatable bonds is 6. The van der Waals surface area contributed by atoms with Crippen LogP contribution < -0.4 is 4.72 Å². The van der Waals surface area contributed by atoms with Crippen molar-refractivity contribution in [2.45, 2.75) is 38.5 Å². The number of morpholine rings is 1. The summed E-state index contributed by atoms with van der Waals surface area (Å²) in [7, 11) is -2.93. The second-order valence-electron chi connectivity index (χ2n) is 4.87. The van der Waals surface area contributed by atoms with Crippen LogP contribution in [0.3, 0.4) is 0 Å². The van der Waals surface area contributed by atoms with Gasteiger partial charge in [0.05, 0.1) is 25.7 Å². The molecular formula is C11H20N2O7S. The molecule has 1 fully saturated rings. The van der Waals surface area contributed by atoms with E-state index < -0.39 is 34.6 Å². The first kappa shape index (κ1) is 17.8. The van der Waals surface area contributed by atoms with Crippen LogP contribution in [0.15, 0.2) is 0 Å². The molecule has 0 spiro atoms. The maximum absolute atomic E-state index is 12.2. The molecule has 0 aliphatic carbocycles. The van der Waals surface area contributed by atoms with Crippen LogP contribution in [-0.2, 0) is 29.3 Å². The number of hydrogen-bond donors (Lipinski definition) is 2. The molecule has 2 N–H and O–H groups in total. The van der Waals surface area contributed by atoms with E-state index in [2.05, 4.69) is 4.74 Å². The molecule has 0 saturated carbocycles. The van der Waals surface area contributed by atoms with Gasteiger partial charge in [0, 0.05) is 13.1 Å². The standard InChI is InChI=1S/C11H20N2O7S/c1-7-5-13(6-8(2)20-7)21(17,18)12-9(11(15)16)4-10(14)19-3/h7-9,12H,4-6H2,1-3H3,(H,15,16)/t7?,8?,9-/m0/s1. The molecule has 0 radical (unpaired) electrons. The number of esters is 1. The molecule has 0 aromatic heterocycles. The van der Waals surface area contributed by atoms with Crippen LogP contribution >= 0.6 is 0 Å². The van der Waals surface area contributed by atoms with Gasteiger partial charge in [0.15, 0.2) is 0 Å². The molecule has 0 amide bonds. The molecule has 3 atom stereocenters. The molecular weight excluding hydrogens is 304 g/mol. The molecule has 0 aromatic carbocycles. The van der Waals surface area contributed by atoms with E-state index in [0.29, 0.717) is 0 Å². The second-order valence-corrected chi connectivity index (χ2v) is 6.57. The van der Waals surface area contributed by atoms with Gasteiger partial charge in [-0.2, -0.15) is 17.4 Å². The number of methoxy groups -OCH3 is 1. The fourth-order valence-electron chi connectivity index (χ4n) is 2.01. The minimum absolute atomic E-state index is 0.115. The van der Waals surface area contributed by atoms with E-state index in [0.717, 1.165) is 11.4 Å². The zero-order chi connectivity index (χ0) is 16.2. The summed E-state index contributed by atoms with van der Waals surface area (Å²) >= 11 is 0. The minimum atomic E-state index is -4.03. The maximum atomic E-state index is 12.2. The Bertz CT molecular complexity index is 483. The predicted molar refractivity (Wildman–Crippen MR) is 71.7 cm³/mol. The van der Waals surface area contributed by atoms with Gasteiger partial charge >= 0.3 is 11.9 Å². The summed E-state index contributed by atoms with van der Waals surface area (Å²) in [5.74, 6) is -2.26. The Hall–Kier alpha value is -1.23. The van der Waals surface area contributed by atoms with Crippen molar-refractivity contribution in [1.82, 2.24) is 9.03 Å². The van der Waals surface area contributed by atoms with Gasteiger partial charge in [-0.15, -0.1) is 0 Å². The van der Waals surface area contributed by atoms with Crippen LogP contribution in [-0.4, -0.2) is 68.2 Å². The highest BCUT2D eigenvalue weighted by molar-refractivity contribution is 7.87. The predicted octanol–water partition coefficient (Wildman–Crippen LogP) is -1.05. The largest absolute Gasteiger partial charge is 0.480 e. The molecule has 2 unspecified atom stereocenters. The van der Waals surface area contributed by atoms with Gasteiger partial charge in [0.1, 0.15) is 6.04 Å². The zero-order valence-corrected chi connectivity index (χ0v) is 12.9. The molecule has 0 bridgehead atoms. The molecule has 122 valence electrons. The summed E-state index contributed by atoms with van der Waals surface area (Å²) in [6.45, 7) is 3.68. The lowest BCUT2D eigenvalue weighted by atomic mass is 10.2.